The molecule has 1 fully saturated rings. The summed E-state index contributed by atoms with van der Waals surface area (Å²) in [5, 5.41) is 6.09. The quantitative estimate of drug-likeness (QED) is 0.326. The van der Waals surface area contributed by atoms with Gasteiger partial charge in [-0.2, -0.15) is 0 Å². The van der Waals surface area contributed by atoms with Gasteiger partial charge < -0.3 is 10.6 Å². The third kappa shape index (κ3) is 4.89. The lowest BCUT2D eigenvalue weighted by Crippen LogP contribution is -2.29. The van der Waals surface area contributed by atoms with Crippen LogP contribution in [0.25, 0.3) is 0 Å². The molecule has 0 atom stereocenters. The molecule has 144 valence electrons. The summed E-state index contributed by atoms with van der Waals surface area (Å²) in [7, 11) is 0. The molecule has 1 heterocycles. The average Bonchev–Trinajstić information content (AvgIpc) is 3.03. The fourth-order valence-electron chi connectivity index (χ4n) is 2.72. The Morgan fingerprint density at radius 2 is 1.71 bits per heavy atom. The Morgan fingerprint density at radius 3 is 2.39 bits per heavy atom. The van der Waals surface area contributed by atoms with Gasteiger partial charge in [-0.1, -0.05) is 41.9 Å². The molecule has 0 spiro atoms. The molecule has 7 nitrogen and oxygen atoms in total. The molecular weight excluding hydrogens is 380 g/mol. The van der Waals surface area contributed by atoms with Crippen LogP contribution < -0.4 is 21.5 Å². The lowest BCUT2D eigenvalue weighted by Gasteiger charge is -2.14. The third-order valence-corrected chi connectivity index (χ3v) is 4.43. The summed E-state index contributed by atoms with van der Waals surface area (Å²) in [5.74, 6) is -1.03. The highest BCUT2D eigenvalue weighted by atomic mass is 35.5. The molecular formula is C20H19ClN4O3. The van der Waals surface area contributed by atoms with Gasteiger partial charge in [0.15, 0.2) is 5.78 Å². The SMILES string of the molecule is O=C(CCC(Nc1ccccc1)=C1C(=O)CNC1=O)NNc1ccccc1Cl. The van der Waals surface area contributed by atoms with Gasteiger partial charge in [-0.3, -0.25) is 25.2 Å². The van der Waals surface area contributed by atoms with Crippen molar-refractivity contribution in [2.45, 2.75) is 12.8 Å². The van der Waals surface area contributed by atoms with Crippen molar-refractivity contribution in [2.24, 2.45) is 0 Å². The highest BCUT2D eigenvalue weighted by Crippen LogP contribution is 2.21. The summed E-state index contributed by atoms with van der Waals surface area (Å²) in [5.41, 5.74) is 7.10. The molecule has 0 radical (unpaired) electrons. The molecule has 0 aromatic heterocycles. The maximum absolute atomic E-state index is 12.2. The zero-order chi connectivity index (χ0) is 19.9. The Labute approximate surface area is 167 Å². The van der Waals surface area contributed by atoms with Crippen LogP contribution in [-0.2, 0) is 14.4 Å². The maximum atomic E-state index is 12.2. The number of benzene rings is 2. The van der Waals surface area contributed by atoms with E-state index in [1.54, 1.807) is 24.3 Å². The van der Waals surface area contributed by atoms with Crippen LogP contribution in [0.2, 0.25) is 5.02 Å². The van der Waals surface area contributed by atoms with Gasteiger partial charge in [0.05, 0.1) is 17.3 Å². The Balaban J connectivity index is 1.67. The number of nitrogens with one attached hydrogen (secondary N) is 4. The van der Waals surface area contributed by atoms with Crippen LogP contribution >= 0.6 is 11.6 Å². The molecule has 8 heteroatoms. The first-order valence-electron chi connectivity index (χ1n) is 8.70. The minimum absolute atomic E-state index is 0.0333. The summed E-state index contributed by atoms with van der Waals surface area (Å²) in [6.45, 7) is -0.0333. The molecule has 0 unspecified atom stereocenters. The first-order valence-corrected chi connectivity index (χ1v) is 9.08. The lowest BCUT2D eigenvalue weighted by molar-refractivity contribution is -0.121. The number of hydrogen-bond acceptors (Lipinski definition) is 5. The number of halogens is 1. The number of carbonyl (C=O) groups excluding carboxylic acids is 3. The van der Waals surface area contributed by atoms with Crippen molar-refractivity contribution in [1.29, 1.82) is 0 Å². The first-order chi connectivity index (χ1) is 13.5. The fourth-order valence-corrected chi connectivity index (χ4v) is 2.90. The van der Waals surface area contributed by atoms with Crippen molar-refractivity contribution in [1.82, 2.24) is 10.7 Å². The van der Waals surface area contributed by atoms with Gasteiger partial charge in [0, 0.05) is 17.8 Å². The number of amides is 2. The molecule has 4 N–H and O–H groups in total. The average molecular weight is 399 g/mol. The van der Waals surface area contributed by atoms with Crippen molar-refractivity contribution in [3.8, 4) is 0 Å². The van der Waals surface area contributed by atoms with Crippen LogP contribution in [0.5, 0.6) is 0 Å². The van der Waals surface area contributed by atoms with Crippen molar-refractivity contribution < 1.29 is 14.4 Å². The molecule has 0 aliphatic carbocycles. The molecule has 0 bridgehead atoms. The normalized spacial score (nSPS) is 15.0. The summed E-state index contributed by atoms with van der Waals surface area (Å²) >= 11 is 6.03. The van der Waals surface area contributed by atoms with E-state index in [4.69, 9.17) is 11.6 Å². The van der Waals surface area contributed by atoms with Gasteiger partial charge >= 0.3 is 0 Å². The largest absolute Gasteiger partial charge is 0.358 e. The second-order valence-electron chi connectivity index (χ2n) is 6.10. The van der Waals surface area contributed by atoms with E-state index in [1.807, 2.05) is 30.3 Å². The number of ketones is 1. The highest BCUT2D eigenvalue weighted by Gasteiger charge is 2.29. The molecule has 1 aliphatic rings. The number of allylic oxidation sites excluding steroid dienone is 1. The van der Waals surface area contributed by atoms with Crippen LogP contribution in [0.4, 0.5) is 11.4 Å². The number of hydrazine groups is 1. The standard InChI is InChI=1S/C20H19ClN4O3/c21-14-8-4-5-9-15(14)24-25-18(27)11-10-16(19-17(26)12-22-20(19)28)23-13-6-2-1-3-7-13/h1-9,23-24H,10-12H2,(H,22,28)(H,25,27). The number of Topliss-reactive ketones (excluding diaryl/α,β-unsaturated/α-hetero) is 1. The van der Waals surface area contributed by atoms with Crippen LogP contribution in [0, 0.1) is 0 Å². The zero-order valence-corrected chi connectivity index (χ0v) is 15.7. The number of para-hydroxylation sites is 2. The number of carbonyl (C=O) groups is 3. The molecule has 2 aromatic rings. The Hall–Kier alpha value is -3.32. The van der Waals surface area contributed by atoms with Crippen molar-refractivity contribution in [2.75, 3.05) is 17.3 Å². The fraction of sp³-hybridized carbons (Fsp3) is 0.150. The topological polar surface area (TPSA) is 99.3 Å². The van der Waals surface area contributed by atoms with Crippen LogP contribution in [0.15, 0.2) is 65.9 Å². The van der Waals surface area contributed by atoms with Crippen LogP contribution in [0.1, 0.15) is 12.8 Å². The van der Waals surface area contributed by atoms with Gasteiger partial charge in [-0.25, -0.2) is 0 Å². The monoisotopic (exact) mass is 398 g/mol. The summed E-state index contributed by atoms with van der Waals surface area (Å²) < 4.78 is 0. The second-order valence-corrected chi connectivity index (χ2v) is 6.51. The van der Waals surface area contributed by atoms with Crippen molar-refractivity contribution in [3.63, 3.8) is 0 Å². The van der Waals surface area contributed by atoms with Crippen LogP contribution in [0.3, 0.4) is 0 Å². The number of rotatable bonds is 7. The summed E-state index contributed by atoms with van der Waals surface area (Å²) in [6, 6.07) is 16.2. The molecule has 2 amide bonds. The van der Waals surface area contributed by atoms with Crippen molar-refractivity contribution >= 4 is 40.6 Å². The highest BCUT2D eigenvalue weighted by molar-refractivity contribution is 6.33. The van der Waals surface area contributed by atoms with E-state index >= 15 is 0 Å². The molecule has 1 aliphatic heterocycles. The Bertz CT molecular complexity index is 910. The second kappa shape index (κ2) is 9.05. The molecule has 0 saturated carbocycles. The third-order valence-electron chi connectivity index (χ3n) is 4.10. The Morgan fingerprint density at radius 1 is 1.00 bits per heavy atom. The molecule has 2 aromatic carbocycles. The summed E-state index contributed by atoms with van der Waals surface area (Å²) in [6.07, 6.45) is 0.260. The van der Waals surface area contributed by atoms with Crippen LogP contribution in [-0.4, -0.2) is 24.1 Å². The van der Waals surface area contributed by atoms with E-state index in [-0.39, 0.29) is 36.6 Å². The predicted molar refractivity (Wildman–Crippen MR) is 108 cm³/mol. The van der Waals surface area contributed by atoms with E-state index < -0.39 is 5.91 Å². The number of anilines is 2. The van der Waals surface area contributed by atoms with Gasteiger partial charge in [0.25, 0.3) is 5.91 Å². The van der Waals surface area contributed by atoms with E-state index in [9.17, 15) is 14.4 Å². The van der Waals surface area contributed by atoms with E-state index in [0.717, 1.165) is 5.69 Å². The van der Waals surface area contributed by atoms with E-state index in [0.29, 0.717) is 16.4 Å². The minimum Gasteiger partial charge on any atom is -0.358 e. The van der Waals surface area contributed by atoms with Gasteiger partial charge in [-0.05, 0) is 30.7 Å². The smallest absolute Gasteiger partial charge is 0.257 e. The van der Waals surface area contributed by atoms with E-state index in [1.165, 1.54) is 0 Å². The minimum atomic E-state index is -0.432. The molecule has 28 heavy (non-hydrogen) atoms. The number of hydrogen-bond donors (Lipinski definition) is 4. The summed E-state index contributed by atoms with van der Waals surface area (Å²) in [4.78, 5) is 36.4. The van der Waals surface area contributed by atoms with Gasteiger partial charge in [-0.15, -0.1) is 0 Å². The van der Waals surface area contributed by atoms with E-state index in [2.05, 4.69) is 21.5 Å². The zero-order valence-electron chi connectivity index (χ0n) is 14.9. The molecule has 1 saturated heterocycles. The molecule has 3 rings (SSSR count). The maximum Gasteiger partial charge on any atom is 0.257 e. The van der Waals surface area contributed by atoms with Gasteiger partial charge in [0.1, 0.15) is 5.57 Å². The predicted octanol–water partition coefficient (Wildman–Crippen LogP) is 2.63. The van der Waals surface area contributed by atoms with Crippen molar-refractivity contribution in [3.05, 3.63) is 70.9 Å². The lowest BCUT2D eigenvalue weighted by atomic mass is 10.1. The first kappa shape index (κ1) is 19.4. The Kier molecular flexibility index (Phi) is 6.29. The van der Waals surface area contributed by atoms with Gasteiger partial charge in [0.2, 0.25) is 5.91 Å².